The van der Waals surface area contributed by atoms with Gasteiger partial charge in [-0.3, -0.25) is 14.5 Å². The van der Waals surface area contributed by atoms with Gasteiger partial charge in [0, 0.05) is 25.6 Å². The minimum absolute atomic E-state index is 0.0483. The first-order valence-electron chi connectivity index (χ1n) is 7.86. The summed E-state index contributed by atoms with van der Waals surface area (Å²) in [5, 5.41) is 11.9. The molecule has 0 saturated heterocycles. The molecule has 124 valence electrons. The number of nitrogens with one attached hydrogen (secondary N) is 1. The third-order valence-corrected chi connectivity index (χ3v) is 3.38. The number of ether oxygens (including phenoxy) is 1. The normalized spacial score (nSPS) is 11.0. The molecular formula is C15H30N2O4. The van der Waals surface area contributed by atoms with E-state index in [4.69, 9.17) is 9.84 Å². The predicted octanol–water partition coefficient (Wildman–Crippen LogP) is 0.929. The maximum absolute atomic E-state index is 11.9. The standard InChI is InChI=1S/C15H30N2O4/c1-4-13(5-2)17(10-11-18)12-14(19)16-9-7-8-15(20)21-6-3/h13,18H,4-12H2,1-3H3,(H,16,19). The fourth-order valence-corrected chi connectivity index (χ4v) is 2.26. The number of aliphatic hydroxyl groups excluding tert-OH is 1. The molecule has 6 nitrogen and oxygen atoms in total. The Morgan fingerprint density at radius 3 is 2.43 bits per heavy atom. The molecule has 0 rings (SSSR count). The van der Waals surface area contributed by atoms with E-state index in [0.29, 0.717) is 38.6 Å². The Labute approximate surface area is 127 Å². The molecule has 0 aliphatic heterocycles. The molecule has 0 unspecified atom stereocenters. The molecular weight excluding hydrogens is 272 g/mol. The quantitative estimate of drug-likeness (QED) is 0.414. The Bertz CT molecular complexity index is 293. The minimum Gasteiger partial charge on any atom is -0.466 e. The first-order chi connectivity index (χ1) is 10.1. The second kappa shape index (κ2) is 12.6. The van der Waals surface area contributed by atoms with Crippen LogP contribution in [0.25, 0.3) is 0 Å². The monoisotopic (exact) mass is 302 g/mol. The molecule has 0 spiro atoms. The minimum atomic E-state index is -0.231. The zero-order valence-electron chi connectivity index (χ0n) is 13.6. The highest BCUT2D eigenvalue weighted by molar-refractivity contribution is 5.78. The van der Waals surface area contributed by atoms with Crippen LogP contribution in [0.5, 0.6) is 0 Å². The predicted molar refractivity (Wildman–Crippen MR) is 81.9 cm³/mol. The van der Waals surface area contributed by atoms with E-state index in [2.05, 4.69) is 19.2 Å². The Morgan fingerprint density at radius 1 is 1.24 bits per heavy atom. The lowest BCUT2D eigenvalue weighted by molar-refractivity contribution is -0.143. The molecule has 6 heteroatoms. The number of aliphatic hydroxyl groups is 1. The summed E-state index contributed by atoms with van der Waals surface area (Å²) in [6.45, 7) is 7.62. The number of esters is 1. The van der Waals surface area contributed by atoms with Crippen LogP contribution in [-0.4, -0.2) is 60.8 Å². The lowest BCUT2D eigenvalue weighted by Crippen LogP contribution is -2.44. The van der Waals surface area contributed by atoms with Crippen LogP contribution in [0.3, 0.4) is 0 Å². The summed E-state index contributed by atoms with van der Waals surface area (Å²) in [6.07, 6.45) is 2.80. The molecule has 0 saturated carbocycles. The molecule has 1 amide bonds. The summed E-state index contributed by atoms with van der Waals surface area (Å²) in [5.41, 5.74) is 0. The van der Waals surface area contributed by atoms with Crippen LogP contribution in [0.15, 0.2) is 0 Å². The van der Waals surface area contributed by atoms with E-state index >= 15 is 0 Å². The van der Waals surface area contributed by atoms with Gasteiger partial charge in [-0.25, -0.2) is 0 Å². The molecule has 0 aromatic rings. The van der Waals surface area contributed by atoms with Gasteiger partial charge in [0.15, 0.2) is 0 Å². The van der Waals surface area contributed by atoms with Gasteiger partial charge in [-0.2, -0.15) is 0 Å². The molecule has 0 aromatic carbocycles. The molecule has 0 heterocycles. The molecule has 0 radical (unpaired) electrons. The summed E-state index contributed by atoms with van der Waals surface area (Å²) in [7, 11) is 0. The van der Waals surface area contributed by atoms with Crippen molar-refractivity contribution in [1.29, 1.82) is 0 Å². The average Bonchev–Trinajstić information content (AvgIpc) is 2.45. The van der Waals surface area contributed by atoms with Gasteiger partial charge in [-0.1, -0.05) is 13.8 Å². The number of carbonyl (C=O) groups is 2. The SMILES string of the molecule is CCOC(=O)CCCNC(=O)CN(CCO)C(CC)CC. The van der Waals surface area contributed by atoms with Gasteiger partial charge in [0.25, 0.3) is 0 Å². The number of nitrogens with zero attached hydrogens (tertiary/aromatic N) is 1. The van der Waals surface area contributed by atoms with Crippen LogP contribution in [0.1, 0.15) is 46.5 Å². The third-order valence-electron chi connectivity index (χ3n) is 3.38. The van der Waals surface area contributed by atoms with E-state index in [1.54, 1.807) is 6.92 Å². The molecule has 0 atom stereocenters. The van der Waals surface area contributed by atoms with Crippen molar-refractivity contribution in [3.05, 3.63) is 0 Å². The van der Waals surface area contributed by atoms with Crippen LogP contribution in [0.4, 0.5) is 0 Å². The van der Waals surface area contributed by atoms with Gasteiger partial charge >= 0.3 is 5.97 Å². The molecule has 21 heavy (non-hydrogen) atoms. The van der Waals surface area contributed by atoms with E-state index in [9.17, 15) is 9.59 Å². The highest BCUT2D eigenvalue weighted by Crippen LogP contribution is 2.07. The van der Waals surface area contributed by atoms with Crippen molar-refractivity contribution in [2.75, 3.05) is 32.8 Å². The molecule has 0 aliphatic rings. The first-order valence-corrected chi connectivity index (χ1v) is 7.86. The lowest BCUT2D eigenvalue weighted by atomic mass is 10.1. The van der Waals surface area contributed by atoms with Crippen LogP contribution < -0.4 is 5.32 Å². The number of carbonyl (C=O) groups excluding carboxylic acids is 2. The van der Waals surface area contributed by atoms with Gasteiger partial charge in [0.1, 0.15) is 0 Å². The largest absolute Gasteiger partial charge is 0.466 e. The van der Waals surface area contributed by atoms with Gasteiger partial charge in [-0.15, -0.1) is 0 Å². The van der Waals surface area contributed by atoms with Crippen molar-refractivity contribution in [2.24, 2.45) is 0 Å². The highest BCUT2D eigenvalue weighted by Gasteiger charge is 2.17. The second-order valence-corrected chi connectivity index (χ2v) is 4.92. The summed E-state index contributed by atoms with van der Waals surface area (Å²) in [5.74, 6) is -0.301. The van der Waals surface area contributed by atoms with Crippen molar-refractivity contribution < 1.29 is 19.4 Å². The topological polar surface area (TPSA) is 78.9 Å². The van der Waals surface area contributed by atoms with Crippen molar-refractivity contribution in [2.45, 2.75) is 52.5 Å². The summed E-state index contributed by atoms with van der Waals surface area (Å²) < 4.78 is 4.82. The number of rotatable bonds is 12. The van der Waals surface area contributed by atoms with E-state index in [1.807, 2.05) is 4.90 Å². The Balaban J connectivity index is 4.00. The van der Waals surface area contributed by atoms with Crippen molar-refractivity contribution >= 4 is 11.9 Å². The molecule has 0 aliphatic carbocycles. The van der Waals surface area contributed by atoms with E-state index < -0.39 is 0 Å². The number of amides is 1. The average molecular weight is 302 g/mol. The van der Waals surface area contributed by atoms with E-state index in [-0.39, 0.29) is 25.0 Å². The summed E-state index contributed by atoms with van der Waals surface area (Å²) in [6, 6.07) is 0.308. The highest BCUT2D eigenvalue weighted by atomic mass is 16.5. The smallest absolute Gasteiger partial charge is 0.305 e. The lowest BCUT2D eigenvalue weighted by Gasteiger charge is -2.29. The second-order valence-electron chi connectivity index (χ2n) is 4.92. The Hall–Kier alpha value is -1.14. The van der Waals surface area contributed by atoms with Crippen LogP contribution in [-0.2, 0) is 14.3 Å². The zero-order valence-corrected chi connectivity index (χ0v) is 13.6. The molecule has 0 bridgehead atoms. The van der Waals surface area contributed by atoms with E-state index in [0.717, 1.165) is 12.8 Å². The van der Waals surface area contributed by atoms with Crippen molar-refractivity contribution in [1.82, 2.24) is 10.2 Å². The van der Waals surface area contributed by atoms with Crippen LogP contribution >= 0.6 is 0 Å². The fraction of sp³-hybridized carbons (Fsp3) is 0.867. The maximum atomic E-state index is 11.9. The van der Waals surface area contributed by atoms with Gasteiger partial charge in [-0.05, 0) is 26.2 Å². The number of hydrogen-bond acceptors (Lipinski definition) is 5. The van der Waals surface area contributed by atoms with Crippen molar-refractivity contribution in [3.63, 3.8) is 0 Å². The van der Waals surface area contributed by atoms with Gasteiger partial charge in [0.05, 0.1) is 19.8 Å². The van der Waals surface area contributed by atoms with Gasteiger partial charge in [0.2, 0.25) is 5.91 Å². The molecule has 0 fully saturated rings. The van der Waals surface area contributed by atoms with Crippen LogP contribution in [0.2, 0.25) is 0 Å². The summed E-state index contributed by atoms with van der Waals surface area (Å²) >= 11 is 0. The zero-order chi connectivity index (χ0) is 16.1. The third kappa shape index (κ3) is 9.42. The van der Waals surface area contributed by atoms with Gasteiger partial charge < -0.3 is 15.2 Å². The fourth-order valence-electron chi connectivity index (χ4n) is 2.26. The maximum Gasteiger partial charge on any atom is 0.305 e. The molecule has 0 aromatic heterocycles. The van der Waals surface area contributed by atoms with Crippen molar-refractivity contribution in [3.8, 4) is 0 Å². The Kier molecular flexibility index (Phi) is 11.9. The number of hydrogen-bond donors (Lipinski definition) is 2. The summed E-state index contributed by atoms with van der Waals surface area (Å²) in [4.78, 5) is 25.0. The van der Waals surface area contributed by atoms with Crippen LogP contribution in [0, 0.1) is 0 Å². The first kappa shape index (κ1) is 19.9. The van der Waals surface area contributed by atoms with E-state index in [1.165, 1.54) is 0 Å². The molecule has 2 N–H and O–H groups in total. The Morgan fingerprint density at radius 2 is 1.90 bits per heavy atom.